The van der Waals surface area contributed by atoms with Crippen molar-refractivity contribution in [2.75, 3.05) is 11.5 Å². The van der Waals surface area contributed by atoms with E-state index in [9.17, 15) is 18.3 Å². The number of aryl methyl sites for hydroxylation is 2. The van der Waals surface area contributed by atoms with Crippen LogP contribution >= 0.6 is 22.9 Å². The summed E-state index contributed by atoms with van der Waals surface area (Å²) >= 11 is 7.20. The number of benzene rings is 1. The number of aromatic nitrogens is 2. The number of hydrogen-bond donors (Lipinski definition) is 3. The lowest BCUT2D eigenvalue weighted by Gasteiger charge is -2.14. The van der Waals surface area contributed by atoms with E-state index in [2.05, 4.69) is 9.71 Å². The summed E-state index contributed by atoms with van der Waals surface area (Å²) in [6.07, 6.45) is 0.202. The predicted molar refractivity (Wildman–Crippen MR) is 108 cm³/mol. The molecule has 0 spiro atoms. The van der Waals surface area contributed by atoms with Gasteiger partial charge < -0.3 is 19.6 Å². The molecule has 0 unspecified atom stereocenters. The first-order valence-corrected chi connectivity index (χ1v) is 11.2. The lowest BCUT2D eigenvalue weighted by Crippen LogP contribution is -2.18. The molecule has 29 heavy (non-hydrogen) atoms. The average molecular weight is 458 g/mol. The van der Waals surface area contributed by atoms with Gasteiger partial charge in [0.25, 0.3) is 10.0 Å². The van der Waals surface area contributed by atoms with Crippen molar-refractivity contribution in [2.24, 2.45) is 0 Å². The van der Waals surface area contributed by atoms with E-state index in [-0.39, 0.29) is 57.7 Å². The number of halogens is 1. The number of sulfonamides is 1. The van der Waals surface area contributed by atoms with Gasteiger partial charge in [0.2, 0.25) is 12.5 Å². The number of anilines is 1. The molecule has 12 heteroatoms. The first-order valence-electron chi connectivity index (χ1n) is 8.43. The number of aromatic hydroxyl groups is 1. The highest BCUT2D eigenvalue weighted by Gasteiger charge is 2.28. The number of fused-ring (bicyclic) bond motifs is 1. The molecule has 0 saturated carbocycles. The standard InChI is InChI=1S/C17H16ClN3O6S2/c1-9-16(18)21(17(23)19-9)5-4-10-7-11(14-15(13(10)22)27-8-26-14)20-29(24,25)12-3-2-6-28-12/h2-3,6-7,20,22H,4-5,8H2,1H3,(H,19,23). The molecule has 0 radical (unpaired) electrons. The number of H-pyrrole nitrogens is 1. The number of ether oxygens (including phenoxy) is 2. The molecule has 0 saturated heterocycles. The van der Waals surface area contributed by atoms with Crippen molar-refractivity contribution in [1.29, 1.82) is 0 Å². The van der Waals surface area contributed by atoms with Crippen molar-refractivity contribution in [3.63, 3.8) is 0 Å². The van der Waals surface area contributed by atoms with Gasteiger partial charge in [-0.05, 0) is 30.9 Å². The van der Waals surface area contributed by atoms with Gasteiger partial charge in [-0.3, -0.25) is 9.29 Å². The average Bonchev–Trinajstić information content (AvgIpc) is 3.40. The number of phenols is 1. The number of nitrogens with zero attached hydrogens (tertiary/aromatic N) is 1. The Kier molecular flexibility index (Phi) is 4.97. The van der Waals surface area contributed by atoms with Gasteiger partial charge in [0, 0.05) is 12.1 Å². The largest absolute Gasteiger partial charge is 0.504 e. The monoisotopic (exact) mass is 457 g/mol. The number of aromatic amines is 1. The first kappa shape index (κ1) is 19.7. The molecule has 154 valence electrons. The number of rotatable bonds is 6. The Morgan fingerprint density at radius 1 is 1.38 bits per heavy atom. The third kappa shape index (κ3) is 3.56. The van der Waals surface area contributed by atoms with Gasteiger partial charge in [-0.15, -0.1) is 11.3 Å². The third-order valence-corrected chi connectivity index (χ3v) is 7.64. The van der Waals surface area contributed by atoms with Crippen molar-refractivity contribution >= 4 is 38.6 Å². The number of nitrogens with one attached hydrogen (secondary N) is 2. The predicted octanol–water partition coefficient (Wildman–Crippen LogP) is 2.68. The van der Waals surface area contributed by atoms with Gasteiger partial charge in [0.15, 0.2) is 11.5 Å². The van der Waals surface area contributed by atoms with E-state index >= 15 is 0 Å². The zero-order valence-corrected chi connectivity index (χ0v) is 17.4. The molecule has 4 rings (SSSR count). The molecular formula is C17H16ClN3O6S2. The van der Waals surface area contributed by atoms with E-state index in [4.69, 9.17) is 21.1 Å². The van der Waals surface area contributed by atoms with Crippen molar-refractivity contribution in [3.8, 4) is 17.2 Å². The van der Waals surface area contributed by atoms with Crippen LogP contribution in [0.25, 0.3) is 0 Å². The maximum absolute atomic E-state index is 12.6. The SMILES string of the molecule is Cc1[nH]c(=O)n(CCc2cc(NS(=O)(=O)c3cccs3)c3c(c2O)OCO3)c1Cl. The summed E-state index contributed by atoms with van der Waals surface area (Å²) in [4.78, 5) is 14.6. The number of thiophene rings is 1. The Hall–Kier alpha value is -2.63. The smallest absolute Gasteiger partial charge is 0.326 e. The topological polar surface area (TPSA) is 123 Å². The van der Waals surface area contributed by atoms with Gasteiger partial charge in [0.05, 0.1) is 11.4 Å². The van der Waals surface area contributed by atoms with Crippen LogP contribution in [0, 0.1) is 6.92 Å². The van der Waals surface area contributed by atoms with Crippen LogP contribution < -0.4 is 19.9 Å². The molecule has 0 atom stereocenters. The molecule has 1 aliphatic heterocycles. The Labute approximate surface area is 174 Å². The van der Waals surface area contributed by atoms with E-state index < -0.39 is 10.0 Å². The molecule has 3 N–H and O–H groups in total. The molecule has 3 heterocycles. The fourth-order valence-corrected chi connectivity index (χ4v) is 5.24. The van der Waals surface area contributed by atoms with E-state index in [1.807, 2.05) is 0 Å². The second-order valence-electron chi connectivity index (χ2n) is 6.28. The van der Waals surface area contributed by atoms with Gasteiger partial charge in [-0.25, -0.2) is 13.2 Å². The van der Waals surface area contributed by atoms with E-state index in [0.717, 1.165) is 11.3 Å². The third-order valence-electron chi connectivity index (χ3n) is 4.39. The van der Waals surface area contributed by atoms with Gasteiger partial charge >= 0.3 is 5.69 Å². The van der Waals surface area contributed by atoms with Crippen molar-refractivity contribution in [1.82, 2.24) is 9.55 Å². The molecule has 0 aliphatic carbocycles. The molecule has 0 fully saturated rings. The minimum atomic E-state index is -3.83. The molecule has 0 bridgehead atoms. The Balaban J connectivity index is 1.68. The van der Waals surface area contributed by atoms with Crippen LogP contribution in [0.2, 0.25) is 5.15 Å². The molecular weight excluding hydrogens is 442 g/mol. The second-order valence-corrected chi connectivity index (χ2v) is 9.50. The number of phenolic OH excluding ortho intramolecular Hbond substituents is 1. The maximum atomic E-state index is 12.6. The zero-order valence-electron chi connectivity index (χ0n) is 15.1. The Bertz CT molecular complexity index is 1230. The van der Waals surface area contributed by atoms with Crippen molar-refractivity contribution < 1.29 is 23.0 Å². The second kappa shape index (κ2) is 7.32. The van der Waals surface area contributed by atoms with Crippen LogP contribution in [0.4, 0.5) is 5.69 Å². The summed E-state index contributed by atoms with van der Waals surface area (Å²) in [5.41, 5.74) is 0.685. The molecule has 3 aromatic rings. The van der Waals surface area contributed by atoms with E-state index in [1.54, 1.807) is 18.4 Å². The minimum Gasteiger partial charge on any atom is -0.504 e. The number of hydrogen-bond acceptors (Lipinski definition) is 7. The van der Waals surface area contributed by atoms with E-state index in [1.165, 1.54) is 16.7 Å². The van der Waals surface area contributed by atoms with Crippen molar-refractivity contribution in [3.05, 3.63) is 50.5 Å². The van der Waals surface area contributed by atoms with Gasteiger partial charge in [0.1, 0.15) is 9.36 Å². The van der Waals surface area contributed by atoms with Crippen LogP contribution in [0.15, 0.2) is 32.6 Å². The summed E-state index contributed by atoms with van der Waals surface area (Å²) in [6.45, 7) is 1.70. The normalized spacial score (nSPS) is 13.0. The molecule has 1 aromatic carbocycles. The lowest BCUT2D eigenvalue weighted by molar-refractivity contribution is 0.171. The van der Waals surface area contributed by atoms with Crippen LogP contribution in [0.3, 0.4) is 0 Å². The summed E-state index contributed by atoms with van der Waals surface area (Å²) in [5, 5.41) is 12.5. The van der Waals surface area contributed by atoms with Gasteiger partial charge in [-0.1, -0.05) is 17.7 Å². The maximum Gasteiger partial charge on any atom is 0.326 e. The highest BCUT2D eigenvalue weighted by Crippen LogP contribution is 2.48. The van der Waals surface area contributed by atoms with Crippen LogP contribution in [-0.4, -0.2) is 29.9 Å². The molecule has 9 nitrogen and oxygen atoms in total. The fraction of sp³-hybridized carbons (Fsp3) is 0.235. The summed E-state index contributed by atoms with van der Waals surface area (Å²) in [6, 6.07) is 4.58. The molecule has 2 aromatic heterocycles. The summed E-state index contributed by atoms with van der Waals surface area (Å²) < 4.78 is 39.8. The van der Waals surface area contributed by atoms with Crippen LogP contribution in [-0.2, 0) is 23.0 Å². The lowest BCUT2D eigenvalue weighted by atomic mass is 10.1. The molecule has 0 amide bonds. The highest BCUT2D eigenvalue weighted by atomic mass is 35.5. The van der Waals surface area contributed by atoms with Gasteiger partial charge in [-0.2, -0.15) is 0 Å². The molecule has 1 aliphatic rings. The highest BCUT2D eigenvalue weighted by molar-refractivity contribution is 7.94. The zero-order chi connectivity index (χ0) is 20.8. The summed E-state index contributed by atoms with van der Waals surface area (Å²) in [7, 11) is -3.83. The van der Waals surface area contributed by atoms with Crippen LogP contribution in [0.5, 0.6) is 17.2 Å². The van der Waals surface area contributed by atoms with E-state index in [0.29, 0.717) is 11.3 Å². The van der Waals surface area contributed by atoms with Crippen molar-refractivity contribution in [2.45, 2.75) is 24.1 Å². The number of imidazole rings is 1. The fourth-order valence-electron chi connectivity index (χ4n) is 2.99. The Morgan fingerprint density at radius 3 is 2.79 bits per heavy atom. The summed E-state index contributed by atoms with van der Waals surface area (Å²) in [5.74, 6) is -0.0119. The first-order chi connectivity index (χ1) is 13.8. The Morgan fingerprint density at radius 2 is 2.14 bits per heavy atom. The van der Waals surface area contributed by atoms with Crippen LogP contribution in [0.1, 0.15) is 11.3 Å². The quantitative estimate of drug-likeness (QED) is 0.489. The minimum absolute atomic E-state index is 0.0510.